The van der Waals surface area contributed by atoms with Gasteiger partial charge >= 0.3 is 0 Å². The molecule has 1 aliphatic rings. The Kier molecular flexibility index (Phi) is 4.67. The number of amides is 2. The third kappa shape index (κ3) is 3.44. The van der Waals surface area contributed by atoms with Crippen LogP contribution >= 0.6 is 11.8 Å². The van der Waals surface area contributed by atoms with E-state index in [1.807, 2.05) is 38.1 Å². The molecule has 1 heterocycles. The molecule has 0 saturated carbocycles. The van der Waals surface area contributed by atoms with Crippen molar-refractivity contribution in [3.8, 4) is 0 Å². The Morgan fingerprint density at radius 2 is 1.95 bits per heavy atom. The summed E-state index contributed by atoms with van der Waals surface area (Å²) in [5, 5.41) is 0.309. The maximum absolute atomic E-state index is 12.1. The second-order valence-corrected chi connectivity index (χ2v) is 6.46. The number of benzene rings is 1. The molecule has 1 aromatic carbocycles. The molecule has 1 aliphatic heterocycles. The highest BCUT2D eigenvalue weighted by molar-refractivity contribution is 8.15. The summed E-state index contributed by atoms with van der Waals surface area (Å²) in [7, 11) is 3.44. The van der Waals surface area contributed by atoms with Crippen LogP contribution in [0.3, 0.4) is 0 Å². The molecule has 0 fully saturated rings. The monoisotopic (exact) mass is 305 g/mol. The second kappa shape index (κ2) is 6.30. The van der Waals surface area contributed by atoms with E-state index >= 15 is 0 Å². The van der Waals surface area contributed by atoms with Gasteiger partial charge in [-0.05, 0) is 26.0 Å². The summed E-state index contributed by atoms with van der Waals surface area (Å²) in [6.07, 6.45) is 0. The number of nitrogens with zero attached hydrogens (tertiary/aromatic N) is 3. The highest BCUT2D eigenvalue weighted by atomic mass is 32.2. The first-order chi connectivity index (χ1) is 9.90. The smallest absolute Gasteiger partial charge is 0.254 e. The number of aliphatic imine (C=N–C) groups is 1. The van der Waals surface area contributed by atoms with Crippen LogP contribution in [-0.2, 0) is 9.59 Å². The molecule has 0 unspecified atom stereocenters. The number of hydrogen-bond donors (Lipinski definition) is 0. The number of aryl methyl sites for hydroxylation is 1. The molecule has 21 heavy (non-hydrogen) atoms. The average molecular weight is 305 g/mol. The topological polar surface area (TPSA) is 53.0 Å². The molecular weight excluding hydrogens is 286 g/mol. The minimum atomic E-state index is -0.280. The fourth-order valence-corrected chi connectivity index (χ4v) is 3.07. The van der Waals surface area contributed by atoms with Crippen LogP contribution in [0.4, 0.5) is 5.69 Å². The molecule has 0 aliphatic carbocycles. The average Bonchev–Trinajstić information content (AvgIpc) is 2.80. The molecule has 112 valence electrons. The highest BCUT2D eigenvalue weighted by Gasteiger charge is 2.30. The SMILES string of the molecule is Cc1ccc(N2C(=O)CN=C2S[C@@H](C)C(=O)N(C)C)cc1. The van der Waals surface area contributed by atoms with Gasteiger partial charge in [0.25, 0.3) is 5.91 Å². The summed E-state index contributed by atoms with van der Waals surface area (Å²) in [5.74, 6) is -0.0586. The molecule has 0 radical (unpaired) electrons. The van der Waals surface area contributed by atoms with Gasteiger partial charge in [0.05, 0.1) is 10.9 Å². The van der Waals surface area contributed by atoms with E-state index in [1.165, 1.54) is 11.8 Å². The zero-order valence-corrected chi connectivity index (χ0v) is 13.5. The molecule has 0 spiro atoms. The van der Waals surface area contributed by atoms with Crippen LogP contribution in [0.5, 0.6) is 0 Å². The Morgan fingerprint density at radius 1 is 1.33 bits per heavy atom. The van der Waals surface area contributed by atoms with Gasteiger partial charge in [0, 0.05) is 14.1 Å². The van der Waals surface area contributed by atoms with Crippen LogP contribution in [0.15, 0.2) is 29.3 Å². The van der Waals surface area contributed by atoms with E-state index < -0.39 is 0 Å². The lowest BCUT2D eigenvalue weighted by atomic mass is 10.2. The van der Waals surface area contributed by atoms with Crippen LogP contribution in [0.25, 0.3) is 0 Å². The van der Waals surface area contributed by atoms with Gasteiger partial charge in [-0.3, -0.25) is 19.5 Å². The van der Waals surface area contributed by atoms with Crippen molar-refractivity contribution in [3.05, 3.63) is 29.8 Å². The van der Waals surface area contributed by atoms with E-state index in [-0.39, 0.29) is 23.6 Å². The van der Waals surface area contributed by atoms with E-state index in [0.29, 0.717) is 5.17 Å². The third-order valence-electron chi connectivity index (χ3n) is 3.15. The Bertz CT molecular complexity index is 581. The summed E-state index contributed by atoms with van der Waals surface area (Å²) in [4.78, 5) is 31.4. The molecule has 6 heteroatoms. The van der Waals surface area contributed by atoms with E-state index in [1.54, 1.807) is 23.9 Å². The number of thioether (sulfide) groups is 1. The van der Waals surface area contributed by atoms with Gasteiger partial charge in [-0.25, -0.2) is 0 Å². The molecule has 2 rings (SSSR count). The van der Waals surface area contributed by atoms with E-state index in [4.69, 9.17) is 0 Å². The van der Waals surface area contributed by atoms with Crippen molar-refractivity contribution < 1.29 is 9.59 Å². The van der Waals surface area contributed by atoms with E-state index in [9.17, 15) is 9.59 Å². The lowest BCUT2D eigenvalue weighted by molar-refractivity contribution is -0.127. The minimum Gasteiger partial charge on any atom is -0.348 e. The summed E-state index contributed by atoms with van der Waals surface area (Å²) in [6.45, 7) is 3.96. The van der Waals surface area contributed by atoms with Crippen molar-refractivity contribution >= 4 is 34.4 Å². The van der Waals surface area contributed by atoms with Crippen molar-refractivity contribution in [1.82, 2.24) is 4.90 Å². The largest absolute Gasteiger partial charge is 0.348 e. The van der Waals surface area contributed by atoms with Gasteiger partial charge in [0.1, 0.15) is 6.54 Å². The van der Waals surface area contributed by atoms with Crippen LogP contribution in [-0.4, -0.2) is 47.8 Å². The quantitative estimate of drug-likeness (QED) is 0.857. The van der Waals surface area contributed by atoms with Gasteiger partial charge in [-0.2, -0.15) is 0 Å². The normalized spacial score (nSPS) is 15.9. The number of carbonyl (C=O) groups excluding carboxylic acids is 2. The van der Waals surface area contributed by atoms with Crippen LogP contribution in [0.1, 0.15) is 12.5 Å². The molecule has 0 saturated heterocycles. The molecule has 2 amide bonds. The predicted molar refractivity (Wildman–Crippen MR) is 86.7 cm³/mol. The number of anilines is 1. The molecule has 0 bridgehead atoms. The van der Waals surface area contributed by atoms with Crippen molar-refractivity contribution in [1.29, 1.82) is 0 Å². The number of amidine groups is 1. The minimum absolute atomic E-state index is 0.00547. The fraction of sp³-hybridized carbons (Fsp3) is 0.400. The van der Waals surface area contributed by atoms with Crippen molar-refractivity contribution in [2.24, 2.45) is 4.99 Å². The Hall–Kier alpha value is -1.82. The molecule has 5 nitrogen and oxygen atoms in total. The number of rotatable bonds is 3. The standard InChI is InChI=1S/C15H19N3O2S/c1-10-5-7-12(8-6-10)18-13(19)9-16-15(18)21-11(2)14(20)17(3)4/h5-8,11H,9H2,1-4H3/t11-/m0/s1. The summed E-state index contributed by atoms with van der Waals surface area (Å²) in [6, 6.07) is 7.70. The maximum atomic E-state index is 12.1. The third-order valence-corrected chi connectivity index (χ3v) is 4.23. The lowest BCUT2D eigenvalue weighted by Gasteiger charge is -2.21. The fourth-order valence-electron chi connectivity index (χ4n) is 1.99. The van der Waals surface area contributed by atoms with E-state index in [0.717, 1.165) is 11.3 Å². The first kappa shape index (κ1) is 15.6. The Labute approximate surface area is 129 Å². The van der Waals surface area contributed by atoms with E-state index in [2.05, 4.69) is 4.99 Å². The van der Waals surface area contributed by atoms with Crippen molar-refractivity contribution in [3.63, 3.8) is 0 Å². The van der Waals surface area contributed by atoms with Crippen LogP contribution < -0.4 is 4.90 Å². The Morgan fingerprint density at radius 3 is 2.52 bits per heavy atom. The van der Waals surface area contributed by atoms with Gasteiger partial charge < -0.3 is 4.90 Å². The lowest BCUT2D eigenvalue weighted by Crippen LogP contribution is -2.35. The predicted octanol–water partition coefficient (Wildman–Crippen LogP) is 1.91. The molecule has 0 aromatic heterocycles. The Balaban J connectivity index is 2.17. The summed E-state index contributed by atoms with van der Waals surface area (Å²) >= 11 is 1.32. The van der Waals surface area contributed by atoms with Gasteiger partial charge in [0.2, 0.25) is 5.91 Å². The number of carbonyl (C=O) groups is 2. The summed E-state index contributed by atoms with van der Waals surface area (Å²) < 4.78 is 0. The van der Waals surface area contributed by atoms with Crippen LogP contribution in [0, 0.1) is 6.92 Å². The summed E-state index contributed by atoms with van der Waals surface area (Å²) in [5.41, 5.74) is 1.92. The maximum Gasteiger partial charge on any atom is 0.254 e. The van der Waals surface area contributed by atoms with Gasteiger partial charge in [-0.15, -0.1) is 0 Å². The molecule has 1 aromatic rings. The molecule has 0 N–H and O–H groups in total. The van der Waals surface area contributed by atoms with Crippen molar-refractivity contribution in [2.75, 3.05) is 25.5 Å². The van der Waals surface area contributed by atoms with Gasteiger partial charge in [-0.1, -0.05) is 29.5 Å². The first-order valence-corrected chi connectivity index (χ1v) is 7.60. The zero-order chi connectivity index (χ0) is 15.6. The second-order valence-electron chi connectivity index (χ2n) is 5.16. The highest BCUT2D eigenvalue weighted by Crippen LogP contribution is 2.26. The van der Waals surface area contributed by atoms with Gasteiger partial charge in [0.15, 0.2) is 5.17 Å². The number of hydrogen-bond acceptors (Lipinski definition) is 4. The van der Waals surface area contributed by atoms with Crippen LogP contribution in [0.2, 0.25) is 0 Å². The van der Waals surface area contributed by atoms with Crippen molar-refractivity contribution in [2.45, 2.75) is 19.1 Å². The molecule has 1 atom stereocenters. The zero-order valence-electron chi connectivity index (χ0n) is 12.7. The molecular formula is C15H19N3O2S. The first-order valence-electron chi connectivity index (χ1n) is 6.72.